The minimum Gasteiger partial charge on any atom is -0.396 e. The maximum Gasteiger partial charge on any atom is 0.0428 e. The normalized spacial score (nSPS) is 10.5. The first-order valence-corrected chi connectivity index (χ1v) is 7.66. The zero-order chi connectivity index (χ0) is 15.5. The molecule has 0 atom stereocenters. The Balaban J connectivity index is 0.000000234. The standard InChI is InChI=1S/C13H10.2C3H8O/c1-3-7-12-10(5-1)9-11-6-2-4-8-13(11)12;2*1-2-3-4/h1-8H,9H2;2*4H,2-3H2,1H3. The highest BCUT2D eigenvalue weighted by Crippen LogP contribution is 2.35. The van der Waals surface area contributed by atoms with Crippen molar-refractivity contribution in [2.24, 2.45) is 0 Å². The van der Waals surface area contributed by atoms with Gasteiger partial charge < -0.3 is 10.2 Å². The molecule has 0 fully saturated rings. The maximum absolute atomic E-state index is 7.88. The van der Waals surface area contributed by atoms with Crippen molar-refractivity contribution >= 4 is 0 Å². The highest BCUT2D eigenvalue weighted by Gasteiger charge is 2.15. The lowest BCUT2D eigenvalue weighted by molar-refractivity contribution is 0.294. The quantitative estimate of drug-likeness (QED) is 0.746. The van der Waals surface area contributed by atoms with Gasteiger partial charge >= 0.3 is 0 Å². The molecule has 21 heavy (non-hydrogen) atoms. The number of aliphatic hydroxyl groups is 2. The number of aliphatic hydroxyl groups excluding tert-OH is 2. The molecule has 0 aliphatic heterocycles. The van der Waals surface area contributed by atoms with Crippen LogP contribution in [0.2, 0.25) is 0 Å². The summed E-state index contributed by atoms with van der Waals surface area (Å²) >= 11 is 0. The second-order valence-corrected chi connectivity index (χ2v) is 4.94. The van der Waals surface area contributed by atoms with Crippen molar-refractivity contribution in [2.45, 2.75) is 33.1 Å². The van der Waals surface area contributed by atoms with Crippen LogP contribution in [-0.2, 0) is 6.42 Å². The van der Waals surface area contributed by atoms with E-state index in [0.717, 1.165) is 19.3 Å². The van der Waals surface area contributed by atoms with E-state index in [2.05, 4.69) is 48.5 Å². The van der Waals surface area contributed by atoms with E-state index < -0.39 is 0 Å². The van der Waals surface area contributed by atoms with Gasteiger partial charge in [0.1, 0.15) is 0 Å². The van der Waals surface area contributed by atoms with Crippen LogP contribution in [0.1, 0.15) is 37.8 Å². The highest BCUT2D eigenvalue weighted by molar-refractivity contribution is 5.76. The van der Waals surface area contributed by atoms with E-state index in [1.165, 1.54) is 22.3 Å². The third-order valence-corrected chi connectivity index (χ3v) is 3.15. The number of hydrogen-bond acceptors (Lipinski definition) is 2. The van der Waals surface area contributed by atoms with Crippen LogP contribution in [0.3, 0.4) is 0 Å². The predicted molar refractivity (Wildman–Crippen MR) is 89.4 cm³/mol. The van der Waals surface area contributed by atoms with Crippen LogP contribution < -0.4 is 0 Å². The zero-order valence-electron chi connectivity index (χ0n) is 13.0. The van der Waals surface area contributed by atoms with Gasteiger partial charge in [0.05, 0.1) is 0 Å². The molecule has 1 aliphatic rings. The average Bonchev–Trinajstić information content (AvgIpc) is 2.94. The van der Waals surface area contributed by atoms with Gasteiger partial charge in [-0.3, -0.25) is 0 Å². The van der Waals surface area contributed by atoms with E-state index in [0.29, 0.717) is 13.2 Å². The lowest BCUT2D eigenvalue weighted by atomic mass is 10.1. The van der Waals surface area contributed by atoms with Gasteiger partial charge in [0.15, 0.2) is 0 Å². The second kappa shape index (κ2) is 10.1. The van der Waals surface area contributed by atoms with Gasteiger partial charge in [-0.1, -0.05) is 62.4 Å². The van der Waals surface area contributed by atoms with Crippen LogP contribution in [0, 0.1) is 0 Å². The number of fused-ring (bicyclic) bond motifs is 3. The summed E-state index contributed by atoms with van der Waals surface area (Å²) in [5.74, 6) is 0. The summed E-state index contributed by atoms with van der Waals surface area (Å²) < 4.78 is 0. The van der Waals surface area contributed by atoms with Gasteiger partial charge in [-0.05, 0) is 41.5 Å². The van der Waals surface area contributed by atoms with Crippen LogP contribution in [-0.4, -0.2) is 23.4 Å². The SMILES string of the molecule is CCCO.CCCO.c1ccc2c(c1)Cc1ccccc1-2. The molecule has 1 aliphatic carbocycles. The number of benzene rings is 2. The van der Waals surface area contributed by atoms with Gasteiger partial charge in [0.25, 0.3) is 0 Å². The highest BCUT2D eigenvalue weighted by atomic mass is 16.3. The van der Waals surface area contributed by atoms with Crippen LogP contribution in [0.15, 0.2) is 48.5 Å². The van der Waals surface area contributed by atoms with E-state index in [4.69, 9.17) is 10.2 Å². The van der Waals surface area contributed by atoms with E-state index in [1.807, 2.05) is 13.8 Å². The molecule has 0 aromatic heterocycles. The Hall–Kier alpha value is -1.64. The number of hydrogen-bond donors (Lipinski definition) is 2. The molecule has 0 spiro atoms. The molecule has 0 unspecified atom stereocenters. The van der Waals surface area contributed by atoms with Crippen molar-refractivity contribution in [1.82, 2.24) is 0 Å². The van der Waals surface area contributed by atoms with Crippen LogP contribution in [0.4, 0.5) is 0 Å². The Morgan fingerprint density at radius 3 is 1.38 bits per heavy atom. The summed E-state index contributed by atoms with van der Waals surface area (Å²) in [7, 11) is 0. The fourth-order valence-electron chi connectivity index (χ4n) is 2.08. The van der Waals surface area contributed by atoms with E-state index in [-0.39, 0.29) is 0 Å². The lowest BCUT2D eigenvalue weighted by Gasteiger charge is -1.98. The molecule has 0 saturated heterocycles. The molecule has 0 heterocycles. The molecule has 2 aromatic carbocycles. The fraction of sp³-hybridized carbons (Fsp3) is 0.368. The van der Waals surface area contributed by atoms with Gasteiger partial charge in [-0.25, -0.2) is 0 Å². The third kappa shape index (κ3) is 5.33. The first-order chi connectivity index (χ1) is 10.3. The van der Waals surface area contributed by atoms with Crippen LogP contribution >= 0.6 is 0 Å². The molecule has 2 nitrogen and oxygen atoms in total. The summed E-state index contributed by atoms with van der Waals surface area (Å²) in [6, 6.07) is 17.3. The van der Waals surface area contributed by atoms with Crippen molar-refractivity contribution in [1.29, 1.82) is 0 Å². The maximum atomic E-state index is 7.88. The van der Waals surface area contributed by atoms with Crippen LogP contribution in [0.5, 0.6) is 0 Å². The van der Waals surface area contributed by atoms with Gasteiger partial charge in [-0.15, -0.1) is 0 Å². The predicted octanol–water partition coefficient (Wildman–Crippen LogP) is 4.04. The summed E-state index contributed by atoms with van der Waals surface area (Å²) in [6.07, 6.45) is 2.85. The largest absolute Gasteiger partial charge is 0.396 e. The Bertz CT molecular complexity index is 469. The first-order valence-electron chi connectivity index (χ1n) is 7.66. The Morgan fingerprint density at radius 1 is 0.714 bits per heavy atom. The van der Waals surface area contributed by atoms with E-state index >= 15 is 0 Å². The molecular weight excluding hydrogens is 260 g/mol. The topological polar surface area (TPSA) is 40.5 Å². The Labute approximate surface area is 128 Å². The molecule has 2 aromatic rings. The van der Waals surface area contributed by atoms with E-state index in [9.17, 15) is 0 Å². The van der Waals surface area contributed by atoms with E-state index in [1.54, 1.807) is 0 Å². The molecule has 0 radical (unpaired) electrons. The van der Waals surface area contributed by atoms with Gasteiger partial charge in [0, 0.05) is 13.2 Å². The smallest absolute Gasteiger partial charge is 0.0428 e. The molecule has 3 rings (SSSR count). The van der Waals surface area contributed by atoms with Crippen molar-refractivity contribution < 1.29 is 10.2 Å². The first kappa shape index (κ1) is 17.4. The fourth-order valence-corrected chi connectivity index (χ4v) is 2.08. The van der Waals surface area contributed by atoms with Crippen molar-refractivity contribution in [3.05, 3.63) is 59.7 Å². The lowest BCUT2D eigenvalue weighted by Crippen LogP contribution is -1.77. The minimum atomic E-state index is 0.319. The molecule has 0 bridgehead atoms. The molecule has 2 N–H and O–H groups in total. The second-order valence-electron chi connectivity index (χ2n) is 4.94. The third-order valence-electron chi connectivity index (χ3n) is 3.15. The van der Waals surface area contributed by atoms with Gasteiger partial charge in [-0.2, -0.15) is 0 Å². The van der Waals surface area contributed by atoms with Gasteiger partial charge in [0.2, 0.25) is 0 Å². The van der Waals surface area contributed by atoms with Crippen molar-refractivity contribution in [3.8, 4) is 11.1 Å². The summed E-state index contributed by atoms with van der Waals surface area (Å²) in [5, 5.41) is 15.8. The summed E-state index contributed by atoms with van der Waals surface area (Å²) in [6.45, 7) is 4.50. The monoisotopic (exact) mass is 286 g/mol. The minimum absolute atomic E-state index is 0.319. The summed E-state index contributed by atoms with van der Waals surface area (Å²) in [4.78, 5) is 0. The van der Waals surface area contributed by atoms with Crippen LogP contribution in [0.25, 0.3) is 11.1 Å². The number of rotatable bonds is 2. The summed E-state index contributed by atoms with van der Waals surface area (Å²) in [5.41, 5.74) is 5.75. The molecule has 0 amide bonds. The molecule has 2 heteroatoms. The Kier molecular flexibility index (Phi) is 8.41. The zero-order valence-corrected chi connectivity index (χ0v) is 13.0. The molecular formula is C19H26O2. The van der Waals surface area contributed by atoms with Crippen molar-refractivity contribution in [3.63, 3.8) is 0 Å². The average molecular weight is 286 g/mol. The molecule has 114 valence electrons. The molecule has 0 saturated carbocycles. The Morgan fingerprint density at radius 2 is 1.05 bits per heavy atom. The van der Waals surface area contributed by atoms with Crippen molar-refractivity contribution in [2.75, 3.05) is 13.2 Å².